The number of sulfone groups is 1. The molecule has 5 nitrogen and oxygen atoms in total. The van der Waals surface area contributed by atoms with E-state index in [1.807, 2.05) is 0 Å². The summed E-state index contributed by atoms with van der Waals surface area (Å²) in [4.78, 5) is 11.2. The van der Waals surface area contributed by atoms with Gasteiger partial charge in [0.25, 0.3) is 5.91 Å². The first-order valence-corrected chi connectivity index (χ1v) is 9.04. The first kappa shape index (κ1) is 19.3. The van der Waals surface area contributed by atoms with Gasteiger partial charge in [0.2, 0.25) is 9.84 Å². The first-order chi connectivity index (χ1) is 11.7. The number of anilines is 1. The van der Waals surface area contributed by atoms with E-state index in [2.05, 4.69) is 21.2 Å². The molecule has 0 unspecified atom stereocenters. The van der Waals surface area contributed by atoms with Crippen LogP contribution in [-0.4, -0.2) is 26.7 Å². The van der Waals surface area contributed by atoms with Crippen LogP contribution in [0.2, 0.25) is 0 Å². The Labute approximate surface area is 149 Å². The van der Waals surface area contributed by atoms with Crippen molar-refractivity contribution >= 4 is 37.4 Å². The quantitative estimate of drug-likeness (QED) is 0.749. The van der Waals surface area contributed by atoms with Gasteiger partial charge < -0.3 is 10.1 Å². The van der Waals surface area contributed by atoms with E-state index in [0.717, 1.165) is 12.1 Å². The second kappa shape index (κ2) is 7.87. The summed E-state index contributed by atoms with van der Waals surface area (Å²) < 4.78 is 65.9. The molecule has 0 aliphatic carbocycles. The van der Waals surface area contributed by atoms with Crippen molar-refractivity contribution in [2.45, 2.75) is 10.7 Å². The number of ether oxygens (including phenoxy) is 1. The third kappa shape index (κ3) is 4.95. The standard InChI is InChI=1S/C15H11BrF3NO4S/c16-12-7-9(17)1-6-13(12)24-8-14(21)20-10-2-4-11(5-3-10)25(22,23)15(18)19/h1-7,15H,8H2,(H,20,21). The minimum absolute atomic E-state index is 0.208. The Morgan fingerprint density at radius 2 is 1.80 bits per heavy atom. The highest BCUT2D eigenvalue weighted by molar-refractivity contribution is 9.10. The molecule has 0 aliphatic rings. The van der Waals surface area contributed by atoms with E-state index in [4.69, 9.17) is 4.74 Å². The van der Waals surface area contributed by atoms with Gasteiger partial charge in [-0.25, -0.2) is 12.8 Å². The number of benzene rings is 2. The summed E-state index contributed by atoms with van der Waals surface area (Å²) in [7, 11) is -4.68. The van der Waals surface area contributed by atoms with Crippen molar-refractivity contribution in [1.82, 2.24) is 0 Å². The lowest BCUT2D eigenvalue weighted by Gasteiger charge is -2.09. The molecule has 0 spiro atoms. The summed E-state index contributed by atoms with van der Waals surface area (Å²) in [6.45, 7) is -0.388. The molecular weight excluding hydrogens is 427 g/mol. The maximum Gasteiger partial charge on any atom is 0.341 e. The largest absolute Gasteiger partial charge is 0.483 e. The summed E-state index contributed by atoms with van der Waals surface area (Å²) in [5, 5.41) is 2.42. The van der Waals surface area contributed by atoms with Crippen molar-refractivity contribution in [1.29, 1.82) is 0 Å². The zero-order valence-electron chi connectivity index (χ0n) is 12.4. The second-order valence-electron chi connectivity index (χ2n) is 4.74. The number of halogens is 4. The van der Waals surface area contributed by atoms with Crippen LogP contribution in [0.25, 0.3) is 0 Å². The zero-order valence-corrected chi connectivity index (χ0v) is 14.8. The average molecular weight is 438 g/mol. The minimum Gasteiger partial charge on any atom is -0.483 e. The first-order valence-electron chi connectivity index (χ1n) is 6.70. The molecule has 25 heavy (non-hydrogen) atoms. The summed E-state index contributed by atoms with van der Waals surface area (Å²) >= 11 is 3.09. The van der Waals surface area contributed by atoms with Crippen molar-refractivity contribution in [3.8, 4) is 5.75 Å². The van der Waals surface area contributed by atoms with Gasteiger partial charge in [-0.1, -0.05) is 0 Å². The molecule has 0 radical (unpaired) electrons. The Bertz CT molecular complexity index is 873. The Hall–Kier alpha value is -2.07. The fourth-order valence-corrected chi connectivity index (χ4v) is 2.95. The highest BCUT2D eigenvalue weighted by atomic mass is 79.9. The van der Waals surface area contributed by atoms with Gasteiger partial charge in [0.1, 0.15) is 11.6 Å². The van der Waals surface area contributed by atoms with Crippen LogP contribution < -0.4 is 10.1 Å². The molecule has 2 aromatic rings. The van der Waals surface area contributed by atoms with Gasteiger partial charge in [0, 0.05) is 5.69 Å². The molecular formula is C15H11BrF3NO4S. The lowest BCUT2D eigenvalue weighted by atomic mass is 10.3. The molecule has 0 aromatic heterocycles. The highest BCUT2D eigenvalue weighted by Crippen LogP contribution is 2.25. The number of alkyl halides is 2. The van der Waals surface area contributed by atoms with Gasteiger partial charge in [-0.15, -0.1) is 0 Å². The Balaban J connectivity index is 1.97. The average Bonchev–Trinajstić information content (AvgIpc) is 2.54. The van der Waals surface area contributed by atoms with Crippen LogP contribution in [0.1, 0.15) is 0 Å². The Morgan fingerprint density at radius 3 is 2.36 bits per heavy atom. The Kier molecular flexibility index (Phi) is 6.07. The van der Waals surface area contributed by atoms with Crippen LogP contribution in [0.4, 0.5) is 18.9 Å². The molecule has 2 aromatic carbocycles. The van der Waals surface area contributed by atoms with Crippen molar-refractivity contribution < 1.29 is 31.1 Å². The molecule has 0 saturated heterocycles. The number of rotatable bonds is 6. The summed E-state index contributed by atoms with van der Waals surface area (Å²) in [5.74, 6) is -4.30. The molecule has 1 N–H and O–H groups in total. The van der Waals surface area contributed by atoms with Crippen molar-refractivity contribution in [2.24, 2.45) is 0 Å². The normalized spacial score (nSPS) is 11.4. The molecule has 0 aliphatic heterocycles. The van der Waals surface area contributed by atoms with Crippen molar-refractivity contribution in [2.75, 3.05) is 11.9 Å². The van der Waals surface area contributed by atoms with Crippen molar-refractivity contribution in [3.63, 3.8) is 0 Å². The summed E-state index contributed by atoms with van der Waals surface area (Å²) in [6, 6.07) is 7.98. The van der Waals surface area contributed by atoms with Gasteiger partial charge in [0.15, 0.2) is 6.61 Å². The van der Waals surface area contributed by atoms with Gasteiger partial charge >= 0.3 is 5.76 Å². The number of hydrogen-bond donors (Lipinski definition) is 1. The van der Waals surface area contributed by atoms with Gasteiger partial charge in [-0.05, 0) is 58.4 Å². The van der Waals surface area contributed by atoms with Crippen LogP contribution in [0.5, 0.6) is 5.75 Å². The molecule has 0 saturated carbocycles. The van der Waals surface area contributed by atoms with Crippen LogP contribution in [0.3, 0.4) is 0 Å². The Morgan fingerprint density at radius 1 is 1.16 bits per heavy atom. The molecule has 10 heteroatoms. The number of carbonyl (C=O) groups is 1. The monoisotopic (exact) mass is 437 g/mol. The number of nitrogens with one attached hydrogen (secondary N) is 1. The maximum atomic E-state index is 12.9. The second-order valence-corrected chi connectivity index (χ2v) is 7.51. The van der Waals surface area contributed by atoms with Crippen LogP contribution in [0, 0.1) is 5.82 Å². The smallest absolute Gasteiger partial charge is 0.341 e. The van der Waals surface area contributed by atoms with E-state index in [0.29, 0.717) is 4.47 Å². The van der Waals surface area contributed by atoms with E-state index < -0.39 is 32.2 Å². The number of carbonyl (C=O) groups excluding carboxylic acids is 1. The predicted molar refractivity (Wildman–Crippen MR) is 87.9 cm³/mol. The third-order valence-corrected chi connectivity index (χ3v) is 4.97. The molecule has 1 amide bonds. The summed E-state index contributed by atoms with van der Waals surface area (Å²) in [5.41, 5.74) is 0.208. The number of amides is 1. The molecule has 134 valence electrons. The van der Waals surface area contributed by atoms with Crippen molar-refractivity contribution in [3.05, 3.63) is 52.8 Å². The van der Waals surface area contributed by atoms with E-state index in [9.17, 15) is 26.4 Å². The molecule has 2 rings (SSSR count). The SMILES string of the molecule is O=C(COc1ccc(F)cc1Br)Nc1ccc(S(=O)(=O)C(F)F)cc1. The lowest BCUT2D eigenvalue weighted by Crippen LogP contribution is -2.20. The summed E-state index contributed by atoms with van der Waals surface area (Å²) in [6.07, 6.45) is 0. The van der Waals surface area contributed by atoms with E-state index >= 15 is 0 Å². The molecule has 0 heterocycles. The topological polar surface area (TPSA) is 72.5 Å². The van der Waals surface area contributed by atoms with Gasteiger partial charge in [0.05, 0.1) is 9.37 Å². The van der Waals surface area contributed by atoms with E-state index in [1.165, 1.54) is 30.3 Å². The van der Waals surface area contributed by atoms with E-state index in [1.54, 1.807) is 0 Å². The van der Waals surface area contributed by atoms with Crippen LogP contribution >= 0.6 is 15.9 Å². The molecule has 0 atom stereocenters. The van der Waals surface area contributed by atoms with Crippen LogP contribution in [0.15, 0.2) is 51.8 Å². The molecule has 0 bridgehead atoms. The maximum absolute atomic E-state index is 12.9. The third-order valence-electron chi connectivity index (χ3n) is 2.95. The highest BCUT2D eigenvalue weighted by Gasteiger charge is 2.26. The lowest BCUT2D eigenvalue weighted by molar-refractivity contribution is -0.118. The number of hydrogen-bond acceptors (Lipinski definition) is 4. The predicted octanol–water partition coefficient (Wildman–Crippen LogP) is 3.60. The van der Waals surface area contributed by atoms with E-state index in [-0.39, 0.29) is 18.0 Å². The van der Waals surface area contributed by atoms with Gasteiger partial charge in [-0.2, -0.15) is 8.78 Å². The zero-order chi connectivity index (χ0) is 18.6. The fraction of sp³-hybridized carbons (Fsp3) is 0.133. The van der Waals surface area contributed by atoms with Crippen LogP contribution in [-0.2, 0) is 14.6 Å². The molecule has 0 fully saturated rings. The fourth-order valence-electron chi connectivity index (χ4n) is 1.76. The van der Waals surface area contributed by atoms with Gasteiger partial charge in [-0.3, -0.25) is 4.79 Å². The minimum atomic E-state index is -4.68.